The SMILES string of the molecule is O=C(Cn1cccn1)Nc1ccc(NC(=O)c2ccccc2)nc1. The number of pyridine rings is 1. The van der Waals surface area contributed by atoms with E-state index in [-0.39, 0.29) is 18.4 Å². The molecule has 0 atom stereocenters. The average molecular weight is 321 g/mol. The lowest BCUT2D eigenvalue weighted by Gasteiger charge is -2.07. The van der Waals surface area contributed by atoms with Gasteiger partial charge < -0.3 is 10.6 Å². The van der Waals surface area contributed by atoms with Gasteiger partial charge in [0, 0.05) is 18.0 Å². The normalized spacial score (nSPS) is 10.2. The third kappa shape index (κ3) is 4.04. The van der Waals surface area contributed by atoms with Crippen molar-refractivity contribution in [3.05, 3.63) is 72.7 Å². The molecule has 0 unspecified atom stereocenters. The molecule has 24 heavy (non-hydrogen) atoms. The maximum Gasteiger partial charge on any atom is 0.256 e. The zero-order valence-electron chi connectivity index (χ0n) is 12.7. The number of carbonyl (C=O) groups is 2. The summed E-state index contributed by atoms with van der Waals surface area (Å²) in [6.07, 6.45) is 4.81. The fourth-order valence-corrected chi connectivity index (χ4v) is 2.06. The van der Waals surface area contributed by atoms with E-state index in [1.807, 2.05) is 6.07 Å². The molecule has 2 heterocycles. The van der Waals surface area contributed by atoms with Crippen LogP contribution in [0.2, 0.25) is 0 Å². The number of nitrogens with one attached hydrogen (secondary N) is 2. The molecule has 3 rings (SSSR count). The summed E-state index contributed by atoms with van der Waals surface area (Å²) >= 11 is 0. The number of rotatable bonds is 5. The first kappa shape index (κ1) is 15.4. The van der Waals surface area contributed by atoms with Crippen LogP contribution in [0, 0.1) is 0 Å². The Morgan fingerprint density at radius 3 is 2.50 bits per heavy atom. The van der Waals surface area contributed by atoms with Crippen molar-refractivity contribution in [1.29, 1.82) is 0 Å². The Kier molecular flexibility index (Phi) is 4.62. The van der Waals surface area contributed by atoms with E-state index in [0.717, 1.165) is 0 Å². The number of anilines is 2. The van der Waals surface area contributed by atoms with Crippen LogP contribution < -0.4 is 10.6 Å². The van der Waals surface area contributed by atoms with Gasteiger partial charge in [-0.1, -0.05) is 18.2 Å². The van der Waals surface area contributed by atoms with E-state index in [1.54, 1.807) is 54.9 Å². The average Bonchev–Trinajstić information content (AvgIpc) is 3.10. The predicted octanol–water partition coefficient (Wildman–Crippen LogP) is 2.17. The number of hydrogen-bond acceptors (Lipinski definition) is 4. The van der Waals surface area contributed by atoms with Gasteiger partial charge in [0.15, 0.2) is 0 Å². The molecule has 0 saturated carbocycles. The van der Waals surface area contributed by atoms with Crippen LogP contribution in [0.1, 0.15) is 10.4 Å². The highest BCUT2D eigenvalue weighted by molar-refractivity contribution is 6.03. The number of benzene rings is 1. The third-order valence-corrected chi connectivity index (χ3v) is 3.19. The molecule has 2 aromatic heterocycles. The van der Waals surface area contributed by atoms with E-state index in [9.17, 15) is 9.59 Å². The molecule has 0 saturated heterocycles. The molecule has 3 aromatic rings. The molecule has 2 N–H and O–H groups in total. The lowest BCUT2D eigenvalue weighted by molar-refractivity contribution is -0.116. The van der Waals surface area contributed by atoms with Crippen LogP contribution in [-0.2, 0) is 11.3 Å². The van der Waals surface area contributed by atoms with E-state index in [2.05, 4.69) is 20.7 Å². The summed E-state index contributed by atoms with van der Waals surface area (Å²) in [5, 5.41) is 9.38. The van der Waals surface area contributed by atoms with Gasteiger partial charge in [0.2, 0.25) is 5.91 Å². The summed E-state index contributed by atoms with van der Waals surface area (Å²) in [4.78, 5) is 28.0. The predicted molar refractivity (Wildman–Crippen MR) is 89.5 cm³/mol. The Hall–Kier alpha value is -3.48. The van der Waals surface area contributed by atoms with Crippen molar-refractivity contribution >= 4 is 23.3 Å². The highest BCUT2D eigenvalue weighted by Crippen LogP contribution is 2.11. The Morgan fingerprint density at radius 2 is 1.83 bits per heavy atom. The Bertz CT molecular complexity index is 814. The number of hydrogen-bond donors (Lipinski definition) is 2. The van der Waals surface area contributed by atoms with Crippen molar-refractivity contribution in [3.8, 4) is 0 Å². The number of carbonyl (C=O) groups excluding carboxylic acids is 2. The second kappa shape index (κ2) is 7.19. The van der Waals surface area contributed by atoms with Crippen LogP contribution in [0.4, 0.5) is 11.5 Å². The lowest BCUT2D eigenvalue weighted by atomic mass is 10.2. The van der Waals surface area contributed by atoms with Gasteiger partial charge in [0.05, 0.1) is 11.9 Å². The van der Waals surface area contributed by atoms with Gasteiger partial charge in [-0.15, -0.1) is 0 Å². The van der Waals surface area contributed by atoms with E-state index >= 15 is 0 Å². The molecule has 0 spiro atoms. The summed E-state index contributed by atoms with van der Waals surface area (Å²) in [5.74, 6) is -0.0333. The van der Waals surface area contributed by atoms with Crippen LogP contribution in [0.15, 0.2) is 67.1 Å². The monoisotopic (exact) mass is 321 g/mol. The fourth-order valence-electron chi connectivity index (χ4n) is 2.06. The second-order valence-corrected chi connectivity index (χ2v) is 5.00. The van der Waals surface area contributed by atoms with E-state index < -0.39 is 0 Å². The van der Waals surface area contributed by atoms with Crippen molar-refractivity contribution in [3.63, 3.8) is 0 Å². The highest BCUT2D eigenvalue weighted by atomic mass is 16.2. The Labute approximate surface area is 138 Å². The van der Waals surface area contributed by atoms with E-state index in [4.69, 9.17) is 0 Å². The first-order valence-corrected chi connectivity index (χ1v) is 7.30. The minimum atomic E-state index is -0.237. The summed E-state index contributed by atoms with van der Waals surface area (Å²) in [6, 6.07) is 13.9. The van der Waals surface area contributed by atoms with Gasteiger partial charge in [0.25, 0.3) is 5.91 Å². The van der Waals surface area contributed by atoms with Gasteiger partial charge in [-0.25, -0.2) is 4.98 Å². The molecule has 1 aromatic carbocycles. The van der Waals surface area contributed by atoms with Gasteiger partial charge in [-0.2, -0.15) is 5.10 Å². The van der Waals surface area contributed by atoms with Crippen molar-refractivity contribution in [2.75, 3.05) is 10.6 Å². The summed E-state index contributed by atoms with van der Waals surface area (Å²) < 4.78 is 1.53. The van der Waals surface area contributed by atoms with Gasteiger partial charge in [-0.05, 0) is 30.3 Å². The van der Waals surface area contributed by atoms with E-state index in [0.29, 0.717) is 17.1 Å². The maximum absolute atomic E-state index is 12.0. The lowest BCUT2D eigenvalue weighted by Crippen LogP contribution is -2.19. The quantitative estimate of drug-likeness (QED) is 0.754. The van der Waals surface area contributed by atoms with Crippen molar-refractivity contribution in [2.45, 2.75) is 6.54 Å². The summed E-state index contributed by atoms with van der Waals surface area (Å²) in [7, 11) is 0. The largest absolute Gasteiger partial charge is 0.323 e. The van der Waals surface area contributed by atoms with Crippen molar-refractivity contribution in [1.82, 2.24) is 14.8 Å². The minimum absolute atomic E-state index is 0.124. The first-order chi connectivity index (χ1) is 11.7. The maximum atomic E-state index is 12.0. The molecule has 0 bridgehead atoms. The van der Waals surface area contributed by atoms with Gasteiger partial charge in [-0.3, -0.25) is 14.3 Å². The molecule has 0 fully saturated rings. The second-order valence-electron chi connectivity index (χ2n) is 5.00. The zero-order valence-corrected chi connectivity index (χ0v) is 12.7. The smallest absolute Gasteiger partial charge is 0.256 e. The molecule has 7 heteroatoms. The van der Waals surface area contributed by atoms with Crippen LogP contribution in [-0.4, -0.2) is 26.6 Å². The Balaban J connectivity index is 1.57. The molecule has 7 nitrogen and oxygen atoms in total. The Morgan fingerprint density at radius 1 is 1.00 bits per heavy atom. The molecule has 0 aliphatic rings. The summed E-state index contributed by atoms with van der Waals surface area (Å²) in [6.45, 7) is 0.124. The summed E-state index contributed by atoms with van der Waals surface area (Å²) in [5.41, 5.74) is 1.10. The third-order valence-electron chi connectivity index (χ3n) is 3.19. The number of amides is 2. The van der Waals surface area contributed by atoms with Gasteiger partial charge in [0.1, 0.15) is 12.4 Å². The van der Waals surface area contributed by atoms with Crippen molar-refractivity contribution < 1.29 is 9.59 Å². The van der Waals surface area contributed by atoms with E-state index in [1.165, 1.54) is 10.9 Å². The highest BCUT2D eigenvalue weighted by Gasteiger charge is 2.07. The number of nitrogens with zero attached hydrogens (tertiary/aromatic N) is 3. The first-order valence-electron chi connectivity index (χ1n) is 7.30. The van der Waals surface area contributed by atoms with Crippen LogP contribution in [0.3, 0.4) is 0 Å². The molecular weight excluding hydrogens is 306 g/mol. The molecule has 2 amide bonds. The standard InChI is InChI=1S/C17H15N5O2/c23-16(12-22-10-4-9-19-22)20-14-7-8-15(18-11-14)21-17(24)13-5-2-1-3-6-13/h1-11H,12H2,(H,20,23)(H,18,21,24). The van der Waals surface area contributed by atoms with Crippen LogP contribution >= 0.6 is 0 Å². The van der Waals surface area contributed by atoms with Crippen LogP contribution in [0.25, 0.3) is 0 Å². The topological polar surface area (TPSA) is 88.9 Å². The fraction of sp³-hybridized carbons (Fsp3) is 0.0588. The zero-order chi connectivity index (χ0) is 16.8. The van der Waals surface area contributed by atoms with Crippen molar-refractivity contribution in [2.24, 2.45) is 0 Å². The molecule has 0 aliphatic heterocycles. The molecule has 0 radical (unpaired) electrons. The number of aromatic nitrogens is 3. The molecular formula is C17H15N5O2. The molecule has 120 valence electrons. The van der Waals surface area contributed by atoms with Gasteiger partial charge >= 0.3 is 0 Å². The molecule has 0 aliphatic carbocycles. The van der Waals surface area contributed by atoms with Crippen LogP contribution in [0.5, 0.6) is 0 Å². The minimum Gasteiger partial charge on any atom is -0.323 e.